The molecule has 1 heterocycles. The summed E-state index contributed by atoms with van der Waals surface area (Å²) in [6.45, 7) is 2.91. The Kier molecular flexibility index (Phi) is 8.15. The molecular weight excluding hydrogens is 416 g/mol. The predicted molar refractivity (Wildman–Crippen MR) is 109 cm³/mol. The van der Waals surface area contributed by atoms with E-state index in [9.17, 15) is 8.42 Å². The van der Waals surface area contributed by atoms with Crippen molar-refractivity contribution in [3.8, 4) is 17.1 Å². The number of benzene rings is 1. The fourth-order valence-electron chi connectivity index (χ4n) is 2.76. The maximum atomic E-state index is 11.8. The molecule has 1 aromatic heterocycles. The van der Waals surface area contributed by atoms with Crippen molar-refractivity contribution in [1.29, 1.82) is 0 Å². The molecule has 2 aromatic rings. The van der Waals surface area contributed by atoms with Gasteiger partial charge in [-0.05, 0) is 40.5 Å². The average Bonchev–Trinajstić information content (AvgIpc) is 3.08. The Morgan fingerprint density at radius 3 is 2.46 bits per heavy atom. The van der Waals surface area contributed by atoms with Gasteiger partial charge in [-0.2, -0.15) is 0 Å². The molecule has 0 saturated heterocycles. The van der Waals surface area contributed by atoms with Gasteiger partial charge in [-0.1, -0.05) is 45.4 Å². The first-order valence-electron chi connectivity index (χ1n) is 9.10. The van der Waals surface area contributed by atoms with Crippen molar-refractivity contribution in [2.45, 2.75) is 51.9 Å². The summed E-state index contributed by atoms with van der Waals surface area (Å²) in [5.41, 5.74) is 0.718. The lowest BCUT2D eigenvalue weighted by Crippen LogP contribution is -2.10. The van der Waals surface area contributed by atoms with Gasteiger partial charge >= 0.3 is 0 Å². The molecule has 0 unspecified atom stereocenters. The van der Waals surface area contributed by atoms with Crippen LogP contribution in [-0.4, -0.2) is 30.2 Å². The number of aromatic nitrogens is 2. The highest BCUT2D eigenvalue weighted by Crippen LogP contribution is 2.30. The van der Waals surface area contributed by atoms with E-state index in [-0.39, 0.29) is 0 Å². The minimum absolute atomic E-state index is 0.395. The van der Waals surface area contributed by atoms with Crippen LogP contribution < -0.4 is 4.74 Å². The van der Waals surface area contributed by atoms with Gasteiger partial charge < -0.3 is 4.74 Å². The third-order valence-electron chi connectivity index (χ3n) is 4.16. The van der Waals surface area contributed by atoms with Crippen LogP contribution in [0, 0.1) is 0 Å². The highest BCUT2D eigenvalue weighted by Gasteiger charge is 2.14. The van der Waals surface area contributed by atoms with Crippen molar-refractivity contribution in [3.63, 3.8) is 0 Å². The van der Waals surface area contributed by atoms with E-state index < -0.39 is 10.0 Å². The zero-order valence-corrected chi connectivity index (χ0v) is 17.9. The molecule has 0 fully saturated rings. The summed E-state index contributed by atoms with van der Waals surface area (Å²) in [4.78, 5) is 4.16. The van der Waals surface area contributed by atoms with Gasteiger partial charge in [0, 0.05) is 18.0 Å². The highest BCUT2D eigenvalue weighted by molar-refractivity contribution is 9.10. The van der Waals surface area contributed by atoms with E-state index in [1.807, 2.05) is 18.2 Å². The Hall–Kier alpha value is -1.34. The van der Waals surface area contributed by atoms with Crippen LogP contribution in [0.4, 0.5) is 0 Å². The zero-order chi connectivity index (χ0) is 19.0. The van der Waals surface area contributed by atoms with Gasteiger partial charge in [0.05, 0.1) is 17.3 Å². The van der Waals surface area contributed by atoms with Crippen LogP contribution in [0.15, 0.2) is 35.1 Å². The Bertz CT molecular complexity index is 803. The number of hydrogen-bond donors (Lipinski definition) is 0. The highest BCUT2D eigenvalue weighted by atomic mass is 79.9. The summed E-state index contributed by atoms with van der Waals surface area (Å²) in [5.74, 6) is 1.16. The van der Waals surface area contributed by atoms with Crippen molar-refractivity contribution in [2.24, 2.45) is 0 Å². The molecule has 0 aliphatic carbocycles. The Balaban J connectivity index is 1.89. The van der Waals surface area contributed by atoms with E-state index in [0.29, 0.717) is 12.4 Å². The minimum Gasteiger partial charge on any atom is -0.492 e. The lowest BCUT2D eigenvalue weighted by Gasteiger charge is -2.10. The van der Waals surface area contributed by atoms with Crippen LogP contribution in [0.2, 0.25) is 0 Å². The fourth-order valence-corrected chi connectivity index (χ4v) is 4.00. The first-order valence-corrected chi connectivity index (χ1v) is 11.7. The van der Waals surface area contributed by atoms with Gasteiger partial charge in [0.2, 0.25) is 10.0 Å². The number of nitrogens with zero attached hydrogens (tertiary/aromatic N) is 2. The molecule has 0 atom stereocenters. The molecule has 0 saturated carbocycles. The average molecular weight is 443 g/mol. The van der Waals surface area contributed by atoms with E-state index in [4.69, 9.17) is 4.74 Å². The summed E-state index contributed by atoms with van der Waals surface area (Å²) in [6, 6.07) is 5.51. The summed E-state index contributed by atoms with van der Waals surface area (Å²) >= 11 is 3.51. The van der Waals surface area contributed by atoms with E-state index in [1.165, 1.54) is 54.9 Å². The van der Waals surface area contributed by atoms with Crippen LogP contribution in [0.1, 0.15) is 51.9 Å². The molecule has 0 aliphatic heterocycles. The van der Waals surface area contributed by atoms with Gasteiger partial charge in [0.1, 0.15) is 5.75 Å². The fraction of sp³-hybridized carbons (Fsp3) is 0.526. The number of unbranched alkanes of at least 4 members (excludes halogenated alkanes) is 6. The van der Waals surface area contributed by atoms with Gasteiger partial charge in [-0.15, -0.1) is 0 Å². The van der Waals surface area contributed by atoms with Gasteiger partial charge in [0.25, 0.3) is 0 Å². The van der Waals surface area contributed by atoms with Crippen LogP contribution in [0.25, 0.3) is 11.4 Å². The molecule has 0 radical (unpaired) electrons. The van der Waals surface area contributed by atoms with Gasteiger partial charge in [0.15, 0.2) is 5.82 Å². The van der Waals surface area contributed by atoms with Crippen molar-refractivity contribution in [3.05, 3.63) is 35.1 Å². The number of imidazole rings is 1. The molecular formula is C19H27BrN2O3S. The quantitative estimate of drug-likeness (QED) is 0.445. The molecule has 1 aromatic carbocycles. The van der Waals surface area contributed by atoms with Gasteiger partial charge in [-0.3, -0.25) is 0 Å². The second-order valence-electron chi connectivity index (χ2n) is 6.42. The molecule has 26 heavy (non-hydrogen) atoms. The predicted octanol–water partition coefficient (Wildman–Crippen LogP) is 5.25. The number of ether oxygens (including phenoxy) is 1. The normalized spacial score (nSPS) is 11.7. The third-order valence-corrected chi connectivity index (χ3v) is 5.79. The monoisotopic (exact) mass is 442 g/mol. The van der Waals surface area contributed by atoms with Gasteiger partial charge in [-0.25, -0.2) is 17.4 Å². The first kappa shape index (κ1) is 21.0. The third kappa shape index (κ3) is 6.13. The Morgan fingerprint density at radius 2 is 1.81 bits per heavy atom. The lowest BCUT2D eigenvalue weighted by atomic mass is 10.1. The summed E-state index contributed by atoms with van der Waals surface area (Å²) < 4.78 is 31.4. The summed E-state index contributed by atoms with van der Waals surface area (Å²) in [7, 11) is -3.38. The van der Waals surface area contributed by atoms with Crippen molar-refractivity contribution >= 4 is 26.0 Å². The lowest BCUT2D eigenvalue weighted by molar-refractivity contribution is 0.302. The minimum atomic E-state index is -3.38. The topological polar surface area (TPSA) is 61.2 Å². The van der Waals surface area contributed by atoms with Crippen molar-refractivity contribution < 1.29 is 13.2 Å². The molecule has 0 N–H and O–H groups in total. The number of halogens is 1. The van der Waals surface area contributed by atoms with E-state index in [0.717, 1.165) is 28.5 Å². The van der Waals surface area contributed by atoms with Crippen molar-refractivity contribution in [1.82, 2.24) is 8.96 Å². The molecule has 0 aliphatic rings. The molecule has 5 nitrogen and oxygen atoms in total. The van der Waals surface area contributed by atoms with Crippen LogP contribution in [0.3, 0.4) is 0 Å². The van der Waals surface area contributed by atoms with Crippen LogP contribution >= 0.6 is 15.9 Å². The van der Waals surface area contributed by atoms with Crippen molar-refractivity contribution in [2.75, 3.05) is 12.9 Å². The summed E-state index contributed by atoms with van der Waals surface area (Å²) in [6.07, 6.45) is 12.8. The van der Waals surface area contributed by atoms with Crippen LogP contribution in [-0.2, 0) is 10.0 Å². The second-order valence-corrected chi connectivity index (χ2v) is 9.14. The standard InChI is InChI=1S/C19H27BrN2O3S/c1-3-4-5-6-7-8-9-14-25-18-11-10-16(15-17(18)20)19-21-12-13-22(19)26(2,23)24/h10-13,15H,3-9,14H2,1-2H3. The Morgan fingerprint density at radius 1 is 1.12 bits per heavy atom. The SMILES string of the molecule is CCCCCCCCCOc1ccc(-c2nccn2S(C)(=O)=O)cc1Br. The molecule has 144 valence electrons. The largest absolute Gasteiger partial charge is 0.492 e. The summed E-state index contributed by atoms with van der Waals surface area (Å²) in [5, 5.41) is 0. The maximum Gasteiger partial charge on any atom is 0.237 e. The smallest absolute Gasteiger partial charge is 0.237 e. The maximum absolute atomic E-state index is 11.8. The van der Waals surface area contributed by atoms with E-state index in [2.05, 4.69) is 27.8 Å². The first-order chi connectivity index (χ1) is 12.4. The zero-order valence-electron chi connectivity index (χ0n) is 15.4. The second kappa shape index (κ2) is 10.1. The van der Waals surface area contributed by atoms with E-state index in [1.54, 1.807) is 0 Å². The number of hydrogen-bond acceptors (Lipinski definition) is 4. The number of rotatable bonds is 11. The molecule has 7 heteroatoms. The molecule has 0 bridgehead atoms. The van der Waals surface area contributed by atoms with E-state index >= 15 is 0 Å². The van der Waals surface area contributed by atoms with Crippen LogP contribution in [0.5, 0.6) is 5.75 Å². The molecule has 0 spiro atoms. The molecule has 0 amide bonds. The Labute approximate surface area is 165 Å². The molecule has 2 rings (SSSR count).